The van der Waals surface area contributed by atoms with Gasteiger partial charge in [0.15, 0.2) is 0 Å². The number of nitrogens with zero attached hydrogens (tertiary/aromatic N) is 3. The fourth-order valence-corrected chi connectivity index (χ4v) is 1.26. The van der Waals surface area contributed by atoms with E-state index in [1.165, 1.54) is 35.5 Å². The van der Waals surface area contributed by atoms with E-state index >= 15 is 0 Å². The first kappa shape index (κ1) is 9.32. The summed E-state index contributed by atoms with van der Waals surface area (Å²) in [6.07, 6.45) is 2.81. The Balaban J connectivity index is 2.61. The van der Waals surface area contributed by atoms with Crippen molar-refractivity contribution in [3.05, 3.63) is 42.2 Å². The van der Waals surface area contributed by atoms with Gasteiger partial charge in [0.1, 0.15) is 24.3 Å². The molecule has 0 aliphatic heterocycles. The molecule has 76 valence electrons. The highest BCUT2D eigenvalue weighted by Gasteiger charge is 2.08. The van der Waals surface area contributed by atoms with E-state index in [0.29, 0.717) is 11.3 Å². The number of rotatable bonds is 2. The molecule has 0 fully saturated rings. The molecule has 0 saturated heterocycles. The van der Waals surface area contributed by atoms with Gasteiger partial charge < -0.3 is 5.73 Å². The number of aromatic nitrogens is 3. The second-order valence-corrected chi connectivity index (χ2v) is 2.92. The van der Waals surface area contributed by atoms with Crippen molar-refractivity contribution in [1.82, 2.24) is 14.8 Å². The molecule has 2 rings (SSSR count). The van der Waals surface area contributed by atoms with Crippen molar-refractivity contribution in [1.29, 1.82) is 5.41 Å². The fraction of sp³-hybridized carbons (Fsp3) is 0. The molecule has 1 heterocycles. The molecule has 0 aliphatic rings. The zero-order chi connectivity index (χ0) is 10.8. The number of halogens is 1. The average molecular weight is 205 g/mol. The minimum Gasteiger partial charge on any atom is -0.384 e. The lowest BCUT2D eigenvalue weighted by atomic mass is 10.1. The lowest BCUT2D eigenvalue weighted by molar-refractivity contribution is 0.626. The number of hydrogen-bond acceptors (Lipinski definition) is 3. The van der Waals surface area contributed by atoms with Crippen LogP contribution in [0, 0.1) is 11.2 Å². The molecule has 0 unspecified atom stereocenters. The Morgan fingerprint density at radius 3 is 2.87 bits per heavy atom. The summed E-state index contributed by atoms with van der Waals surface area (Å²) in [5.41, 5.74) is 6.17. The first-order valence-electron chi connectivity index (χ1n) is 4.17. The van der Waals surface area contributed by atoms with E-state index in [2.05, 4.69) is 10.1 Å². The minimum absolute atomic E-state index is 0.208. The van der Waals surface area contributed by atoms with Crippen molar-refractivity contribution in [2.24, 2.45) is 5.73 Å². The van der Waals surface area contributed by atoms with E-state index < -0.39 is 5.82 Å². The topological polar surface area (TPSA) is 80.6 Å². The summed E-state index contributed by atoms with van der Waals surface area (Å²) < 4.78 is 14.4. The van der Waals surface area contributed by atoms with Gasteiger partial charge in [-0.15, -0.1) is 0 Å². The van der Waals surface area contributed by atoms with E-state index in [0.717, 1.165) is 0 Å². The second-order valence-electron chi connectivity index (χ2n) is 2.92. The van der Waals surface area contributed by atoms with Crippen LogP contribution in [0.2, 0.25) is 0 Å². The summed E-state index contributed by atoms with van der Waals surface area (Å²) in [4.78, 5) is 3.77. The third-order valence-electron chi connectivity index (χ3n) is 1.91. The number of hydrogen-bond donors (Lipinski definition) is 2. The molecule has 1 aromatic carbocycles. The largest absolute Gasteiger partial charge is 0.384 e. The normalized spacial score (nSPS) is 10.2. The maximum atomic E-state index is 13.0. The van der Waals surface area contributed by atoms with Gasteiger partial charge in [0, 0.05) is 5.56 Å². The highest BCUT2D eigenvalue weighted by Crippen LogP contribution is 2.14. The Kier molecular flexibility index (Phi) is 2.17. The minimum atomic E-state index is -0.441. The lowest BCUT2D eigenvalue weighted by Gasteiger charge is -2.07. The Bertz CT molecular complexity index is 491. The zero-order valence-corrected chi connectivity index (χ0v) is 7.68. The molecule has 3 N–H and O–H groups in total. The molecule has 6 heteroatoms. The van der Waals surface area contributed by atoms with E-state index in [1.54, 1.807) is 0 Å². The van der Waals surface area contributed by atoms with E-state index in [9.17, 15) is 4.39 Å². The van der Waals surface area contributed by atoms with Gasteiger partial charge in [0.25, 0.3) is 0 Å². The molecule has 15 heavy (non-hydrogen) atoms. The molecular weight excluding hydrogens is 197 g/mol. The molecule has 0 atom stereocenters. The standard InChI is InChI=1S/C9H8FN5/c10-6-1-2-8(7(3-6)9(11)12)15-5-13-4-14-15/h1-5H,(H3,11,12). The summed E-state index contributed by atoms with van der Waals surface area (Å²) in [5.74, 6) is -0.649. The van der Waals surface area contributed by atoms with Crippen LogP contribution in [0.1, 0.15) is 5.56 Å². The summed E-state index contributed by atoms with van der Waals surface area (Å²) in [6.45, 7) is 0. The van der Waals surface area contributed by atoms with E-state index in [1.807, 2.05) is 0 Å². The maximum absolute atomic E-state index is 13.0. The van der Waals surface area contributed by atoms with Crippen molar-refractivity contribution >= 4 is 5.84 Å². The Morgan fingerprint density at radius 2 is 2.27 bits per heavy atom. The van der Waals surface area contributed by atoms with Crippen molar-refractivity contribution in [3.63, 3.8) is 0 Å². The molecule has 0 saturated carbocycles. The number of nitrogens with one attached hydrogen (secondary N) is 1. The van der Waals surface area contributed by atoms with Crippen LogP contribution in [-0.2, 0) is 0 Å². The van der Waals surface area contributed by atoms with Crippen molar-refractivity contribution < 1.29 is 4.39 Å². The van der Waals surface area contributed by atoms with Gasteiger partial charge in [-0.3, -0.25) is 5.41 Å². The van der Waals surface area contributed by atoms with Gasteiger partial charge in [-0.05, 0) is 18.2 Å². The second kappa shape index (κ2) is 3.49. The van der Waals surface area contributed by atoms with Crippen LogP contribution in [0.5, 0.6) is 0 Å². The number of nitrogen functional groups attached to an aromatic ring is 1. The molecule has 0 bridgehead atoms. The molecular formula is C9H8FN5. The summed E-state index contributed by atoms with van der Waals surface area (Å²) >= 11 is 0. The molecule has 0 spiro atoms. The van der Waals surface area contributed by atoms with Gasteiger partial charge in [-0.2, -0.15) is 5.10 Å². The number of amidine groups is 1. The highest BCUT2D eigenvalue weighted by molar-refractivity contribution is 5.98. The van der Waals surface area contributed by atoms with E-state index in [-0.39, 0.29) is 5.84 Å². The number of nitrogens with two attached hydrogens (primary N) is 1. The van der Waals surface area contributed by atoms with E-state index in [4.69, 9.17) is 11.1 Å². The highest BCUT2D eigenvalue weighted by atomic mass is 19.1. The van der Waals surface area contributed by atoms with Gasteiger partial charge in [0.05, 0.1) is 5.69 Å². The summed E-state index contributed by atoms with van der Waals surface area (Å²) in [7, 11) is 0. The molecule has 0 amide bonds. The maximum Gasteiger partial charge on any atom is 0.138 e. The molecule has 0 radical (unpaired) electrons. The molecule has 0 aliphatic carbocycles. The first-order valence-corrected chi connectivity index (χ1v) is 4.17. The van der Waals surface area contributed by atoms with Crippen molar-refractivity contribution in [3.8, 4) is 5.69 Å². The van der Waals surface area contributed by atoms with Gasteiger partial charge in [0.2, 0.25) is 0 Å². The predicted molar refractivity (Wildman–Crippen MR) is 52.3 cm³/mol. The molecule has 5 nitrogen and oxygen atoms in total. The average Bonchev–Trinajstić information content (AvgIpc) is 2.70. The van der Waals surface area contributed by atoms with Gasteiger partial charge >= 0.3 is 0 Å². The Morgan fingerprint density at radius 1 is 1.47 bits per heavy atom. The fourth-order valence-electron chi connectivity index (χ4n) is 1.26. The first-order chi connectivity index (χ1) is 7.18. The van der Waals surface area contributed by atoms with Crippen LogP contribution in [0.25, 0.3) is 5.69 Å². The Labute approximate surface area is 84.9 Å². The summed E-state index contributed by atoms with van der Waals surface area (Å²) in [5, 5.41) is 11.2. The quantitative estimate of drug-likeness (QED) is 0.559. The Hall–Kier alpha value is -2.24. The van der Waals surface area contributed by atoms with Gasteiger partial charge in [-0.1, -0.05) is 0 Å². The zero-order valence-electron chi connectivity index (χ0n) is 7.68. The van der Waals surface area contributed by atoms with Gasteiger partial charge in [-0.25, -0.2) is 14.1 Å². The lowest BCUT2D eigenvalue weighted by Crippen LogP contribution is -2.15. The van der Waals surface area contributed by atoms with Crippen LogP contribution in [0.15, 0.2) is 30.9 Å². The van der Waals surface area contributed by atoms with Crippen LogP contribution in [-0.4, -0.2) is 20.6 Å². The van der Waals surface area contributed by atoms with Crippen molar-refractivity contribution in [2.45, 2.75) is 0 Å². The van der Waals surface area contributed by atoms with Crippen LogP contribution < -0.4 is 5.73 Å². The monoisotopic (exact) mass is 205 g/mol. The van der Waals surface area contributed by atoms with Crippen LogP contribution >= 0.6 is 0 Å². The SMILES string of the molecule is N=C(N)c1cc(F)ccc1-n1cncn1. The third kappa shape index (κ3) is 1.69. The molecule has 2 aromatic rings. The predicted octanol–water partition coefficient (Wildman–Crippen LogP) is 0.690. The third-order valence-corrected chi connectivity index (χ3v) is 1.91. The molecule has 1 aromatic heterocycles. The van der Waals surface area contributed by atoms with Crippen LogP contribution in [0.3, 0.4) is 0 Å². The summed E-state index contributed by atoms with van der Waals surface area (Å²) in [6, 6.07) is 3.98. The number of benzene rings is 1. The van der Waals surface area contributed by atoms with Crippen LogP contribution in [0.4, 0.5) is 4.39 Å². The van der Waals surface area contributed by atoms with Crippen molar-refractivity contribution in [2.75, 3.05) is 0 Å². The smallest absolute Gasteiger partial charge is 0.138 e.